The molecule has 0 aliphatic heterocycles. The highest BCUT2D eigenvalue weighted by molar-refractivity contribution is 5.34. The van der Waals surface area contributed by atoms with Gasteiger partial charge in [0.25, 0.3) is 0 Å². The summed E-state index contributed by atoms with van der Waals surface area (Å²) in [6, 6.07) is 7.56. The maximum absolute atomic E-state index is 10.7. The number of hydrogen-bond donors (Lipinski definition) is 3. The molecule has 3 nitrogen and oxygen atoms in total. The van der Waals surface area contributed by atoms with Crippen molar-refractivity contribution in [3.8, 4) is 5.75 Å². The van der Waals surface area contributed by atoms with Gasteiger partial charge in [-0.2, -0.15) is 0 Å². The lowest BCUT2D eigenvalue weighted by atomic mass is 9.93. The van der Waals surface area contributed by atoms with E-state index in [0.717, 1.165) is 37.7 Å². The highest BCUT2D eigenvalue weighted by Crippen LogP contribution is 2.29. The van der Waals surface area contributed by atoms with Crippen LogP contribution >= 0.6 is 0 Å². The van der Waals surface area contributed by atoms with Crippen LogP contribution in [0.5, 0.6) is 5.75 Å². The van der Waals surface area contributed by atoms with Crippen LogP contribution in [0.25, 0.3) is 0 Å². The van der Waals surface area contributed by atoms with Crippen LogP contribution in [0.2, 0.25) is 0 Å². The molecule has 1 aromatic carbocycles. The number of hydrogen-bond acceptors (Lipinski definition) is 3. The fourth-order valence-corrected chi connectivity index (χ4v) is 3.13. The lowest BCUT2D eigenvalue weighted by Crippen LogP contribution is -2.41. The summed E-state index contributed by atoms with van der Waals surface area (Å²) in [5.41, 5.74) is 0.348. The average Bonchev–Trinajstić information content (AvgIpc) is 2.66. The van der Waals surface area contributed by atoms with Crippen molar-refractivity contribution >= 4 is 0 Å². The molecule has 0 amide bonds. The van der Waals surface area contributed by atoms with Crippen LogP contribution in [0, 0.1) is 0 Å². The zero-order chi connectivity index (χ0) is 14.4. The second-order valence-electron chi connectivity index (χ2n) is 6.04. The molecule has 3 N–H and O–H groups in total. The van der Waals surface area contributed by atoms with Gasteiger partial charge in [0.1, 0.15) is 5.75 Å². The first-order valence-corrected chi connectivity index (χ1v) is 7.88. The van der Waals surface area contributed by atoms with Crippen molar-refractivity contribution in [1.29, 1.82) is 0 Å². The summed E-state index contributed by atoms with van der Waals surface area (Å²) in [7, 11) is 0. The van der Waals surface area contributed by atoms with Crippen molar-refractivity contribution < 1.29 is 10.2 Å². The topological polar surface area (TPSA) is 52.5 Å². The molecule has 1 atom stereocenters. The molecular weight excluding hydrogens is 250 g/mol. The summed E-state index contributed by atoms with van der Waals surface area (Å²) in [6.45, 7) is 2.71. The van der Waals surface area contributed by atoms with Crippen LogP contribution in [-0.4, -0.2) is 22.4 Å². The highest BCUT2D eigenvalue weighted by Gasteiger charge is 2.28. The molecule has 1 aliphatic rings. The van der Waals surface area contributed by atoms with Gasteiger partial charge in [0.2, 0.25) is 0 Å². The Balaban J connectivity index is 1.98. The number of aliphatic hydroxyl groups is 1. The number of aromatic hydroxyl groups is 1. The summed E-state index contributed by atoms with van der Waals surface area (Å²) in [5, 5.41) is 24.1. The molecule has 0 radical (unpaired) electrons. The molecule has 0 heterocycles. The molecule has 1 fully saturated rings. The Morgan fingerprint density at radius 3 is 2.40 bits per heavy atom. The Labute approximate surface area is 122 Å². The first-order chi connectivity index (χ1) is 9.64. The van der Waals surface area contributed by atoms with Crippen LogP contribution in [-0.2, 0) is 0 Å². The third-order valence-electron chi connectivity index (χ3n) is 4.43. The zero-order valence-corrected chi connectivity index (χ0v) is 12.4. The maximum atomic E-state index is 10.7. The van der Waals surface area contributed by atoms with Gasteiger partial charge in [0, 0.05) is 18.2 Å². The third kappa shape index (κ3) is 3.97. The van der Waals surface area contributed by atoms with Crippen LogP contribution in [0.3, 0.4) is 0 Å². The first-order valence-electron chi connectivity index (χ1n) is 7.88. The zero-order valence-electron chi connectivity index (χ0n) is 12.4. The molecule has 1 aromatic rings. The normalized spacial score (nSPS) is 20.3. The predicted octanol–water partition coefficient (Wildman–Crippen LogP) is 3.52. The summed E-state index contributed by atoms with van der Waals surface area (Å²) >= 11 is 0. The van der Waals surface area contributed by atoms with Crippen molar-refractivity contribution in [1.82, 2.24) is 5.32 Å². The molecule has 0 saturated heterocycles. The summed E-state index contributed by atoms with van der Waals surface area (Å²) < 4.78 is 0. The fraction of sp³-hybridized carbons (Fsp3) is 0.647. The van der Waals surface area contributed by atoms with E-state index in [1.165, 1.54) is 12.8 Å². The predicted molar refractivity (Wildman–Crippen MR) is 81.8 cm³/mol. The van der Waals surface area contributed by atoms with Crippen molar-refractivity contribution in [3.63, 3.8) is 0 Å². The molecule has 0 spiro atoms. The smallest absolute Gasteiger partial charge is 0.120 e. The van der Waals surface area contributed by atoms with Crippen LogP contribution in [0.15, 0.2) is 24.3 Å². The minimum atomic E-state index is -0.575. The van der Waals surface area contributed by atoms with E-state index in [1.807, 2.05) is 18.2 Å². The average molecular weight is 277 g/mol. The van der Waals surface area contributed by atoms with E-state index >= 15 is 0 Å². The van der Waals surface area contributed by atoms with E-state index in [4.69, 9.17) is 0 Å². The Kier molecular flexibility index (Phi) is 5.44. The van der Waals surface area contributed by atoms with E-state index in [2.05, 4.69) is 12.2 Å². The van der Waals surface area contributed by atoms with Crippen LogP contribution in [0.1, 0.15) is 63.5 Å². The minimum absolute atomic E-state index is 0.100. The van der Waals surface area contributed by atoms with Crippen LogP contribution < -0.4 is 5.32 Å². The van der Waals surface area contributed by atoms with Crippen molar-refractivity contribution in [2.24, 2.45) is 0 Å². The van der Waals surface area contributed by atoms with Gasteiger partial charge in [-0.15, -0.1) is 0 Å². The van der Waals surface area contributed by atoms with Crippen LogP contribution in [0.4, 0.5) is 0 Å². The summed E-state index contributed by atoms with van der Waals surface area (Å²) in [6.07, 6.45) is 7.37. The number of rotatable bonds is 5. The molecule has 112 valence electrons. The van der Waals surface area contributed by atoms with E-state index in [1.54, 1.807) is 6.07 Å². The van der Waals surface area contributed by atoms with Crippen molar-refractivity contribution in [3.05, 3.63) is 29.8 Å². The molecule has 1 unspecified atom stereocenters. The lowest BCUT2D eigenvalue weighted by molar-refractivity contribution is 0.0224. The number of phenols is 1. The Morgan fingerprint density at radius 2 is 1.80 bits per heavy atom. The number of nitrogens with one attached hydrogen (secondary N) is 1. The molecule has 3 heteroatoms. The fourth-order valence-electron chi connectivity index (χ4n) is 3.13. The van der Waals surface area contributed by atoms with Gasteiger partial charge in [-0.25, -0.2) is 0 Å². The first kappa shape index (κ1) is 15.3. The van der Waals surface area contributed by atoms with Gasteiger partial charge in [-0.05, 0) is 25.3 Å². The quantitative estimate of drug-likeness (QED) is 0.722. The maximum Gasteiger partial charge on any atom is 0.120 e. The van der Waals surface area contributed by atoms with Gasteiger partial charge in [-0.1, -0.05) is 50.8 Å². The molecular formula is C17H27NO2. The van der Waals surface area contributed by atoms with Crippen molar-refractivity contribution in [2.45, 2.75) is 63.5 Å². The highest BCUT2D eigenvalue weighted by atomic mass is 16.3. The number of benzene rings is 1. The third-order valence-corrected chi connectivity index (χ3v) is 4.43. The van der Waals surface area contributed by atoms with Crippen molar-refractivity contribution in [2.75, 3.05) is 6.54 Å². The second kappa shape index (κ2) is 7.09. The van der Waals surface area contributed by atoms with Gasteiger partial charge in [-0.3, -0.25) is 0 Å². The van der Waals surface area contributed by atoms with E-state index in [-0.39, 0.29) is 6.04 Å². The monoisotopic (exact) mass is 277 g/mol. The molecule has 0 bridgehead atoms. The molecule has 1 aliphatic carbocycles. The van der Waals surface area contributed by atoms with E-state index < -0.39 is 5.60 Å². The lowest BCUT2D eigenvalue weighted by Gasteiger charge is -2.30. The Hall–Kier alpha value is -1.06. The number of para-hydroxylation sites is 1. The minimum Gasteiger partial charge on any atom is -0.508 e. The van der Waals surface area contributed by atoms with Gasteiger partial charge < -0.3 is 15.5 Å². The second-order valence-corrected chi connectivity index (χ2v) is 6.04. The molecule has 20 heavy (non-hydrogen) atoms. The Bertz CT molecular complexity index is 411. The van der Waals surface area contributed by atoms with Gasteiger partial charge >= 0.3 is 0 Å². The Morgan fingerprint density at radius 1 is 1.15 bits per heavy atom. The van der Waals surface area contributed by atoms with Gasteiger partial charge in [0.15, 0.2) is 0 Å². The summed E-state index contributed by atoms with van der Waals surface area (Å²) in [4.78, 5) is 0. The largest absolute Gasteiger partial charge is 0.508 e. The van der Waals surface area contributed by atoms with E-state index in [9.17, 15) is 10.2 Å². The van der Waals surface area contributed by atoms with Gasteiger partial charge in [0.05, 0.1) is 5.60 Å². The standard InChI is InChI=1S/C17H27NO2/c1-2-15(14-9-5-6-10-16(14)19)18-13-17(20)11-7-3-4-8-12-17/h5-6,9-10,15,18-20H,2-4,7-8,11-13H2,1H3. The molecule has 2 rings (SSSR count). The summed E-state index contributed by atoms with van der Waals surface area (Å²) in [5.74, 6) is 0.333. The molecule has 0 aromatic heterocycles. The number of phenolic OH excluding ortho intramolecular Hbond substituents is 1. The molecule has 1 saturated carbocycles. The SMILES string of the molecule is CCC(NCC1(O)CCCCCC1)c1ccccc1O. The van der Waals surface area contributed by atoms with E-state index in [0.29, 0.717) is 12.3 Å².